The van der Waals surface area contributed by atoms with Crippen LogP contribution in [0.4, 0.5) is 5.95 Å². The van der Waals surface area contributed by atoms with Crippen molar-refractivity contribution in [2.45, 2.75) is 19.4 Å². The number of aromatic nitrogens is 2. The summed E-state index contributed by atoms with van der Waals surface area (Å²) in [5.74, 6) is 0.693. The fourth-order valence-electron chi connectivity index (χ4n) is 1.99. The molecule has 0 radical (unpaired) electrons. The summed E-state index contributed by atoms with van der Waals surface area (Å²) in [5, 5.41) is 0.738. The fraction of sp³-hybridized carbons (Fsp3) is 0.333. The van der Waals surface area contributed by atoms with E-state index in [2.05, 4.69) is 23.0 Å². The molecule has 1 unspecified atom stereocenters. The lowest BCUT2D eigenvalue weighted by atomic mass is 10.1. The summed E-state index contributed by atoms with van der Waals surface area (Å²) in [6.07, 6.45) is 4.46. The van der Waals surface area contributed by atoms with Crippen LogP contribution in [0.3, 0.4) is 0 Å². The minimum Gasteiger partial charge on any atom is -0.337 e. The summed E-state index contributed by atoms with van der Waals surface area (Å²) in [6, 6.07) is 7.99. The number of nitrogens with zero attached hydrogens (tertiary/aromatic N) is 3. The zero-order chi connectivity index (χ0) is 14.5. The van der Waals surface area contributed by atoms with E-state index in [9.17, 15) is 0 Å². The normalized spacial score (nSPS) is 12.2. The molecule has 0 fully saturated rings. The molecule has 2 rings (SSSR count). The van der Waals surface area contributed by atoms with Crippen molar-refractivity contribution < 1.29 is 0 Å². The second kappa shape index (κ2) is 6.68. The Bertz CT molecular complexity index is 556. The zero-order valence-electron chi connectivity index (χ0n) is 11.8. The number of halogens is 1. The SMILES string of the molecule is CC(c1cccc(Cl)c1)N(C)c1ncc(CCN)cn1. The third-order valence-corrected chi connectivity index (χ3v) is 3.59. The van der Waals surface area contributed by atoms with E-state index >= 15 is 0 Å². The van der Waals surface area contributed by atoms with Crippen molar-refractivity contribution in [2.75, 3.05) is 18.5 Å². The molecule has 106 valence electrons. The molecule has 0 bridgehead atoms. The molecule has 4 nitrogen and oxygen atoms in total. The van der Waals surface area contributed by atoms with Crippen molar-refractivity contribution in [3.05, 3.63) is 52.8 Å². The van der Waals surface area contributed by atoms with Crippen LogP contribution in [-0.4, -0.2) is 23.6 Å². The number of hydrogen-bond acceptors (Lipinski definition) is 4. The van der Waals surface area contributed by atoms with Gasteiger partial charge in [-0.05, 0) is 43.1 Å². The standard InChI is InChI=1S/C15H19ClN4/c1-11(13-4-3-5-14(16)8-13)20(2)15-18-9-12(6-7-17)10-19-15/h3-5,8-11H,6-7,17H2,1-2H3. The van der Waals surface area contributed by atoms with E-state index in [0.29, 0.717) is 12.5 Å². The first-order chi connectivity index (χ1) is 9.61. The smallest absolute Gasteiger partial charge is 0.225 e. The number of benzene rings is 1. The van der Waals surface area contributed by atoms with E-state index in [1.54, 1.807) is 0 Å². The van der Waals surface area contributed by atoms with Crippen LogP contribution in [0.25, 0.3) is 0 Å². The second-order valence-corrected chi connectivity index (χ2v) is 5.21. The molecule has 0 aliphatic rings. The third-order valence-electron chi connectivity index (χ3n) is 3.35. The largest absolute Gasteiger partial charge is 0.337 e. The first-order valence-corrected chi connectivity index (χ1v) is 6.99. The van der Waals surface area contributed by atoms with E-state index in [4.69, 9.17) is 17.3 Å². The van der Waals surface area contributed by atoms with Gasteiger partial charge in [0.1, 0.15) is 0 Å². The van der Waals surface area contributed by atoms with Crippen molar-refractivity contribution in [3.63, 3.8) is 0 Å². The Morgan fingerprint density at radius 1 is 1.30 bits per heavy atom. The van der Waals surface area contributed by atoms with Crippen molar-refractivity contribution in [1.29, 1.82) is 0 Å². The monoisotopic (exact) mass is 290 g/mol. The molecule has 2 aromatic rings. The van der Waals surface area contributed by atoms with E-state index < -0.39 is 0 Å². The van der Waals surface area contributed by atoms with Crippen LogP contribution in [0.15, 0.2) is 36.7 Å². The Morgan fingerprint density at radius 2 is 2.00 bits per heavy atom. The van der Waals surface area contributed by atoms with Gasteiger partial charge in [-0.1, -0.05) is 23.7 Å². The molecular formula is C15H19ClN4. The van der Waals surface area contributed by atoms with Gasteiger partial charge in [-0.3, -0.25) is 0 Å². The highest BCUT2D eigenvalue weighted by Gasteiger charge is 2.14. The molecule has 0 aliphatic heterocycles. The van der Waals surface area contributed by atoms with Gasteiger partial charge in [-0.15, -0.1) is 0 Å². The summed E-state index contributed by atoms with van der Waals surface area (Å²) >= 11 is 6.03. The lowest BCUT2D eigenvalue weighted by Gasteiger charge is -2.25. The van der Waals surface area contributed by atoms with Gasteiger partial charge < -0.3 is 10.6 Å². The Hall–Kier alpha value is -1.65. The molecule has 5 heteroatoms. The lowest BCUT2D eigenvalue weighted by molar-refractivity contribution is 0.713. The van der Waals surface area contributed by atoms with Gasteiger partial charge >= 0.3 is 0 Å². The van der Waals surface area contributed by atoms with Crippen molar-refractivity contribution >= 4 is 17.5 Å². The summed E-state index contributed by atoms with van der Waals surface area (Å²) in [7, 11) is 1.98. The summed E-state index contributed by atoms with van der Waals surface area (Å²) in [4.78, 5) is 10.8. The molecule has 20 heavy (non-hydrogen) atoms. The molecule has 0 saturated heterocycles. The van der Waals surface area contributed by atoms with Crippen LogP contribution in [0.2, 0.25) is 5.02 Å². The second-order valence-electron chi connectivity index (χ2n) is 4.77. The summed E-state index contributed by atoms with van der Waals surface area (Å²) in [6.45, 7) is 2.71. The maximum atomic E-state index is 6.03. The number of hydrogen-bond donors (Lipinski definition) is 1. The molecule has 1 aromatic heterocycles. The van der Waals surface area contributed by atoms with Crippen LogP contribution in [0.5, 0.6) is 0 Å². The predicted octanol–water partition coefficient (Wildman–Crippen LogP) is 2.83. The first-order valence-electron chi connectivity index (χ1n) is 6.61. The quantitative estimate of drug-likeness (QED) is 0.920. The van der Waals surface area contributed by atoms with Gasteiger partial charge in [-0.25, -0.2) is 9.97 Å². The zero-order valence-corrected chi connectivity index (χ0v) is 12.5. The highest BCUT2D eigenvalue weighted by Crippen LogP contribution is 2.24. The molecule has 0 amide bonds. The molecule has 0 aliphatic carbocycles. The average Bonchev–Trinajstić information content (AvgIpc) is 2.47. The number of anilines is 1. The van der Waals surface area contributed by atoms with Gasteiger partial charge in [0, 0.05) is 24.5 Å². The predicted molar refractivity (Wildman–Crippen MR) is 83.1 cm³/mol. The van der Waals surface area contributed by atoms with Gasteiger partial charge in [0.15, 0.2) is 0 Å². The van der Waals surface area contributed by atoms with Crippen LogP contribution >= 0.6 is 11.6 Å². The highest BCUT2D eigenvalue weighted by atomic mass is 35.5. The number of rotatable bonds is 5. The fourth-order valence-corrected chi connectivity index (χ4v) is 2.19. The maximum absolute atomic E-state index is 6.03. The van der Waals surface area contributed by atoms with Crippen LogP contribution in [-0.2, 0) is 6.42 Å². The van der Waals surface area contributed by atoms with Crippen LogP contribution in [0.1, 0.15) is 24.1 Å². The molecule has 1 heterocycles. The van der Waals surface area contributed by atoms with Crippen molar-refractivity contribution in [1.82, 2.24) is 9.97 Å². The van der Waals surface area contributed by atoms with Gasteiger partial charge in [0.25, 0.3) is 0 Å². The molecule has 1 atom stereocenters. The Labute approximate surface area is 124 Å². The average molecular weight is 291 g/mol. The lowest BCUT2D eigenvalue weighted by Crippen LogP contribution is -2.23. The van der Waals surface area contributed by atoms with Crippen LogP contribution in [0, 0.1) is 0 Å². The molecule has 1 aromatic carbocycles. The summed E-state index contributed by atoms with van der Waals surface area (Å²) < 4.78 is 0. The van der Waals surface area contributed by atoms with E-state index in [1.165, 1.54) is 0 Å². The van der Waals surface area contributed by atoms with Gasteiger partial charge in [0.2, 0.25) is 5.95 Å². The van der Waals surface area contributed by atoms with Crippen LogP contribution < -0.4 is 10.6 Å². The molecule has 0 saturated carbocycles. The number of nitrogens with two attached hydrogens (primary N) is 1. The van der Waals surface area contributed by atoms with Crippen molar-refractivity contribution in [3.8, 4) is 0 Å². The van der Waals surface area contributed by atoms with E-state index in [0.717, 1.165) is 22.6 Å². The first kappa shape index (κ1) is 14.8. The minimum absolute atomic E-state index is 0.147. The van der Waals surface area contributed by atoms with E-state index in [-0.39, 0.29) is 6.04 Å². The van der Waals surface area contributed by atoms with E-state index in [1.807, 2.05) is 42.5 Å². The highest BCUT2D eigenvalue weighted by molar-refractivity contribution is 6.30. The molecule has 2 N–H and O–H groups in total. The topological polar surface area (TPSA) is 55.0 Å². The maximum Gasteiger partial charge on any atom is 0.225 e. The summed E-state index contributed by atoms with van der Waals surface area (Å²) in [5.41, 5.74) is 7.71. The Balaban J connectivity index is 2.15. The van der Waals surface area contributed by atoms with Gasteiger partial charge in [0.05, 0.1) is 6.04 Å². The Kier molecular flexibility index (Phi) is 4.93. The molecular weight excluding hydrogens is 272 g/mol. The van der Waals surface area contributed by atoms with Crippen molar-refractivity contribution in [2.24, 2.45) is 5.73 Å². The minimum atomic E-state index is 0.147. The Morgan fingerprint density at radius 3 is 2.60 bits per heavy atom. The molecule has 0 spiro atoms. The van der Waals surface area contributed by atoms with Gasteiger partial charge in [-0.2, -0.15) is 0 Å². The third kappa shape index (κ3) is 3.46.